The first-order chi connectivity index (χ1) is 19.1. The van der Waals surface area contributed by atoms with Crippen molar-refractivity contribution in [3.8, 4) is 35.1 Å². The van der Waals surface area contributed by atoms with Gasteiger partial charge >= 0.3 is 0 Å². The lowest BCUT2D eigenvalue weighted by molar-refractivity contribution is 0.230. The molecule has 2 N–H and O–H groups in total. The number of nitrogens with zero attached hydrogens (tertiary/aromatic N) is 3. The molecule has 2 heterocycles. The van der Waals surface area contributed by atoms with Crippen LogP contribution in [0.15, 0.2) is 46.8 Å². The van der Waals surface area contributed by atoms with E-state index in [1.54, 1.807) is 43.5 Å². The van der Waals surface area contributed by atoms with Crippen LogP contribution in [0.25, 0.3) is 17.5 Å². The van der Waals surface area contributed by atoms with Gasteiger partial charge in [-0.15, -0.1) is 11.3 Å². The number of methoxy groups -OCH3 is 2. The van der Waals surface area contributed by atoms with Crippen LogP contribution in [0.4, 0.5) is 0 Å². The van der Waals surface area contributed by atoms with E-state index in [1.807, 2.05) is 33.8 Å². The lowest BCUT2D eigenvalue weighted by Crippen LogP contribution is -2.38. The summed E-state index contributed by atoms with van der Waals surface area (Å²) in [5, 5.41) is 20.4. The van der Waals surface area contributed by atoms with Gasteiger partial charge in [-0.2, -0.15) is 10.5 Å². The summed E-state index contributed by atoms with van der Waals surface area (Å²) in [6, 6.07) is 15.0. The Morgan fingerprint density at radius 2 is 1.48 bits per heavy atom. The van der Waals surface area contributed by atoms with Crippen molar-refractivity contribution >= 4 is 28.8 Å². The minimum Gasteiger partial charge on any atom is -0.493 e. The van der Waals surface area contributed by atoms with Crippen molar-refractivity contribution in [3.05, 3.63) is 72.6 Å². The van der Waals surface area contributed by atoms with Crippen LogP contribution in [0.5, 0.6) is 23.0 Å². The normalized spacial score (nSPS) is 15.1. The highest BCUT2D eigenvalue weighted by Gasteiger charge is 2.32. The Bertz CT molecular complexity index is 1750. The fraction of sp³-hybridized carbons (Fsp3) is 0.300. The van der Waals surface area contributed by atoms with E-state index in [0.29, 0.717) is 43.3 Å². The van der Waals surface area contributed by atoms with E-state index in [0.717, 1.165) is 11.3 Å². The summed E-state index contributed by atoms with van der Waals surface area (Å²) >= 11 is 1.14. The number of fused-ring (bicyclic) bond motifs is 1. The first-order valence-electron chi connectivity index (χ1n) is 12.6. The number of rotatable bonds is 8. The molecule has 1 aliphatic heterocycles. The molecule has 10 heteroatoms. The number of ether oxygens (including phenoxy) is 4. The van der Waals surface area contributed by atoms with Crippen LogP contribution in [-0.4, -0.2) is 31.0 Å². The van der Waals surface area contributed by atoms with Crippen molar-refractivity contribution in [2.75, 3.05) is 14.2 Å². The van der Waals surface area contributed by atoms with Crippen molar-refractivity contribution in [3.63, 3.8) is 0 Å². The average molecular weight is 559 g/mol. The number of hydrogen-bond donors (Lipinski definition) is 1. The molecule has 9 nitrogen and oxygen atoms in total. The Hall–Kier alpha value is -4.67. The van der Waals surface area contributed by atoms with Crippen molar-refractivity contribution in [2.24, 2.45) is 5.73 Å². The van der Waals surface area contributed by atoms with Gasteiger partial charge in [0.2, 0.25) is 0 Å². The molecule has 0 amide bonds. The molecule has 0 fully saturated rings. The van der Waals surface area contributed by atoms with Gasteiger partial charge in [-0.1, -0.05) is 12.1 Å². The van der Waals surface area contributed by atoms with E-state index in [-0.39, 0.29) is 29.2 Å². The summed E-state index contributed by atoms with van der Waals surface area (Å²) in [6.07, 6.45) is 1.59. The zero-order valence-electron chi connectivity index (χ0n) is 23.1. The Balaban J connectivity index is 1.92. The van der Waals surface area contributed by atoms with Crippen molar-refractivity contribution < 1.29 is 18.9 Å². The fourth-order valence-electron chi connectivity index (χ4n) is 4.48. The maximum absolute atomic E-state index is 13.5. The van der Waals surface area contributed by atoms with Crippen LogP contribution in [-0.2, 0) is 0 Å². The smallest absolute Gasteiger partial charge is 0.274 e. The molecule has 1 aliphatic rings. The molecule has 0 aliphatic carbocycles. The highest BCUT2D eigenvalue weighted by atomic mass is 32.1. The molecule has 0 radical (unpaired) electrons. The molecule has 0 saturated carbocycles. The van der Waals surface area contributed by atoms with Gasteiger partial charge in [-0.3, -0.25) is 9.36 Å². The predicted octanol–water partition coefficient (Wildman–Crippen LogP) is 3.45. The fourth-order valence-corrected chi connectivity index (χ4v) is 5.60. The van der Waals surface area contributed by atoms with E-state index in [4.69, 9.17) is 24.7 Å². The second kappa shape index (κ2) is 11.6. The van der Waals surface area contributed by atoms with E-state index in [2.05, 4.69) is 12.1 Å². The van der Waals surface area contributed by atoms with Gasteiger partial charge in [0.1, 0.15) is 10.5 Å². The van der Waals surface area contributed by atoms with Gasteiger partial charge < -0.3 is 24.7 Å². The minimum absolute atomic E-state index is 0.0119. The van der Waals surface area contributed by atoms with Gasteiger partial charge in [0.25, 0.3) is 5.56 Å². The number of allylic oxidation sites excluding steroid dienone is 1. The van der Waals surface area contributed by atoms with Crippen molar-refractivity contribution in [2.45, 2.75) is 45.8 Å². The standard InChI is InChI=1S/C30H30N4O5S/c1-16(2)38-22-9-7-18(11-24(22)36-5)12-26-29(35)34-28(33)20(14-31)27(21(15-32)30(34)40-26)19-8-10-23(39-17(3)4)25(13-19)37-6/h7-13,16-17,27H,33H2,1-6H3/b26-12+/t27-/m1/s1. The highest BCUT2D eigenvalue weighted by molar-refractivity contribution is 7.07. The third kappa shape index (κ3) is 5.27. The molecular formula is C30H30N4O5S. The third-order valence-electron chi connectivity index (χ3n) is 6.12. The lowest BCUT2D eigenvalue weighted by atomic mass is 9.84. The SMILES string of the molecule is COc1cc(/C=c2/sc3n(c2=O)C(N)=C(C#N)[C@@H](c2ccc(OC(C)C)c(OC)c2)C=3C#N)ccc1OC(C)C. The Labute approximate surface area is 236 Å². The molecule has 0 unspecified atom stereocenters. The predicted molar refractivity (Wildman–Crippen MR) is 154 cm³/mol. The second-order valence-corrected chi connectivity index (χ2v) is 10.6. The van der Waals surface area contributed by atoms with Gasteiger partial charge in [0.05, 0.1) is 60.2 Å². The molecule has 206 valence electrons. The van der Waals surface area contributed by atoms with Gasteiger partial charge in [0.15, 0.2) is 23.0 Å². The van der Waals surface area contributed by atoms with Crippen LogP contribution in [0.1, 0.15) is 44.7 Å². The van der Waals surface area contributed by atoms with Gasteiger partial charge in [-0.05, 0) is 69.2 Å². The summed E-state index contributed by atoms with van der Waals surface area (Å²) in [5.41, 5.74) is 7.67. The monoisotopic (exact) mass is 558 g/mol. The van der Waals surface area contributed by atoms with E-state index < -0.39 is 11.5 Å². The number of hydrogen-bond acceptors (Lipinski definition) is 9. The Kier molecular flexibility index (Phi) is 8.22. The van der Waals surface area contributed by atoms with Crippen LogP contribution in [0.3, 0.4) is 0 Å². The van der Waals surface area contributed by atoms with Crippen LogP contribution in [0, 0.1) is 22.7 Å². The largest absolute Gasteiger partial charge is 0.493 e. The molecule has 0 saturated heterocycles. The third-order valence-corrected chi connectivity index (χ3v) is 7.23. The Morgan fingerprint density at radius 1 is 0.900 bits per heavy atom. The summed E-state index contributed by atoms with van der Waals surface area (Å²) < 4.78 is 24.6. The molecule has 0 bridgehead atoms. The first kappa shape index (κ1) is 28.3. The summed E-state index contributed by atoms with van der Waals surface area (Å²) in [6.45, 7) is 7.65. The number of nitriles is 2. The number of benzene rings is 2. The number of aromatic nitrogens is 1. The van der Waals surface area contributed by atoms with Gasteiger partial charge in [-0.25, -0.2) is 0 Å². The van der Waals surface area contributed by atoms with Crippen molar-refractivity contribution in [1.29, 1.82) is 10.5 Å². The second-order valence-electron chi connectivity index (χ2n) is 9.58. The molecule has 4 rings (SSSR count). The molecule has 3 aromatic rings. The highest BCUT2D eigenvalue weighted by Crippen LogP contribution is 2.39. The number of nitrogens with two attached hydrogens (primary N) is 1. The molecular weight excluding hydrogens is 528 g/mol. The molecule has 40 heavy (non-hydrogen) atoms. The maximum Gasteiger partial charge on any atom is 0.274 e. The summed E-state index contributed by atoms with van der Waals surface area (Å²) in [4.78, 5) is 13.5. The van der Waals surface area contributed by atoms with E-state index in [9.17, 15) is 15.3 Å². The Morgan fingerprint density at radius 3 is 2.02 bits per heavy atom. The molecule has 2 aromatic carbocycles. The van der Waals surface area contributed by atoms with Crippen molar-refractivity contribution in [1.82, 2.24) is 4.57 Å². The molecule has 1 aromatic heterocycles. The first-order valence-corrected chi connectivity index (χ1v) is 13.4. The maximum atomic E-state index is 13.5. The summed E-state index contributed by atoms with van der Waals surface area (Å²) in [7, 11) is 3.07. The van der Waals surface area contributed by atoms with Crippen LogP contribution < -0.4 is 39.4 Å². The minimum atomic E-state index is -0.782. The van der Waals surface area contributed by atoms with Gasteiger partial charge in [0, 0.05) is 0 Å². The van der Waals surface area contributed by atoms with Crippen LogP contribution in [0.2, 0.25) is 0 Å². The van der Waals surface area contributed by atoms with E-state index in [1.165, 1.54) is 11.7 Å². The quantitative estimate of drug-likeness (QED) is 0.445. The van der Waals surface area contributed by atoms with E-state index >= 15 is 0 Å². The molecule has 1 atom stereocenters. The molecule has 0 spiro atoms. The lowest BCUT2D eigenvalue weighted by Gasteiger charge is -2.23. The zero-order chi connectivity index (χ0) is 29.1. The number of thiazole rings is 1. The summed E-state index contributed by atoms with van der Waals surface area (Å²) in [5.74, 6) is 1.32. The topological polar surface area (TPSA) is 133 Å². The average Bonchev–Trinajstić information content (AvgIpc) is 3.24. The zero-order valence-corrected chi connectivity index (χ0v) is 24.0. The van der Waals surface area contributed by atoms with Crippen LogP contribution >= 0.6 is 11.3 Å².